The number of carbonyl (C=O) groups excluding carboxylic acids is 3. The fourth-order valence-electron chi connectivity index (χ4n) is 2.48. The number of carbonyl (C=O) groups is 3. The van der Waals surface area contributed by atoms with Crippen molar-refractivity contribution >= 4 is 35.1 Å². The number of anilines is 1. The number of thioether (sulfide) groups is 1. The number of amides is 1. The van der Waals surface area contributed by atoms with Gasteiger partial charge in [0.25, 0.3) is 0 Å². The molecule has 1 amide bonds. The number of rotatable bonds is 5. The van der Waals surface area contributed by atoms with E-state index in [4.69, 9.17) is 9.47 Å². The molecule has 6 nitrogen and oxygen atoms in total. The van der Waals surface area contributed by atoms with E-state index in [1.807, 2.05) is 0 Å². The molecule has 2 aromatic rings. The number of nitrogens with one attached hydrogen (secondary N) is 1. The number of methoxy groups -OCH3 is 1. The van der Waals surface area contributed by atoms with Gasteiger partial charge in [-0.05, 0) is 49.4 Å². The van der Waals surface area contributed by atoms with Crippen LogP contribution in [0.15, 0.2) is 47.4 Å². The largest absolute Gasteiger partial charge is 0.497 e. The van der Waals surface area contributed by atoms with Crippen LogP contribution in [0, 0.1) is 0 Å². The third-order valence-electron chi connectivity index (χ3n) is 3.88. The van der Waals surface area contributed by atoms with E-state index >= 15 is 0 Å². The molecule has 2 aromatic carbocycles. The number of fused-ring (bicyclic) bond motifs is 1. The molecule has 7 heteroatoms. The van der Waals surface area contributed by atoms with Gasteiger partial charge in [-0.2, -0.15) is 0 Å². The molecule has 134 valence electrons. The molecule has 1 N–H and O–H groups in total. The van der Waals surface area contributed by atoms with Gasteiger partial charge in [0.15, 0.2) is 6.10 Å². The first kappa shape index (κ1) is 18.0. The van der Waals surface area contributed by atoms with E-state index in [1.54, 1.807) is 49.6 Å². The fourth-order valence-corrected chi connectivity index (χ4v) is 3.27. The molecule has 0 saturated heterocycles. The van der Waals surface area contributed by atoms with Crippen LogP contribution >= 0.6 is 11.8 Å². The van der Waals surface area contributed by atoms with Gasteiger partial charge in [0.2, 0.25) is 11.7 Å². The zero-order valence-corrected chi connectivity index (χ0v) is 15.1. The van der Waals surface area contributed by atoms with E-state index in [0.29, 0.717) is 22.8 Å². The number of Topliss-reactive ketones (excluding diaryl/α,β-unsaturated/α-hetero) is 1. The van der Waals surface area contributed by atoms with E-state index in [9.17, 15) is 14.4 Å². The third kappa shape index (κ3) is 3.88. The molecule has 0 aromatic heterocycles. The summed E-state index contributed by atoms with van der Waals surface area (Å²) in [6.45, 7) is 1.53. The summed E-state index contributed by atoms with van der Waals surface area (Å²) in [5.74, 6) is -0.0458. The topological polar surface area (TPSA) is 81.7 Å². The lowest BCUT2D eigenvalue weighted by molar-refractivity contribution is -0.113. The third-order valence-corrected chi connectivity index (χ3v) is 4.95. The molecule has 1 aliphatic rings. The molecule has 3 rings (SSSR count). The van der Waals surface area contributed by atoms with Gasteiger partial charge in [-0.1, -0.05) is 0 Å². The quantitative estimate of drug-likeness (QED) is 0.642. The summed E-state index contributed by atoms with van der Waals surface area (Å²) in [5.41, 5.74) is 1.29. The summed E-state index contributed by atoms with van der Waals surface area (Å²) in [7, 11) is 1.54. The lowest BCUT2D eigenvalue weighted by atomic mass is 10.1. The molecule has 1 aliphatic heterocycles. The van der Waals surface area contributed by atoms with E-state index in [0.717, 1.165) is 4.90 Å². The molecule has 0 radical (unpaired) electrons. The Labute approximate surface area is 154 Å². The van der Waals surface area contributed by atoms with Gasteiger partial charge in [0.1, 0.15) is 5.75 Å². The minimum absolute atomic E-state index is 0.115. The smallest absolute Gasteiger partial charge is 0.338 e. The van der Waals surface area contributed by atoms with Crippen molar-refractivity contribution in [3.8, 4) is 5.75 Å². The fraction of sp³-hybridized carbons (Fsp3) is 0.211. The predicted octanol–water partition coefficient (Wildman–Crippen LogP) is 3.17. The number of benzene rings is 2. The first-order valence-corrected chi connectivity index (χ1v) is 8.92. The summed E-state index contributed by atoms with van der Waals surface area (Å²) in [6, 6.07) is 11.5. The molecule has 1 heterocycles. The summed E-state index contributed by atoms with van der Waals surface area (Å²) >= 11 is 1.41. The molecule has 0 fully saturated rings. The Bertz CT molecular complexity index is 863. The van der Waals surface area contributed by atoms with Crippen molar-refractivity contribution in [2.45, 2.75) is 17.9 Å². The monoisotopic (exact) mass is 371 g/mol. The predicted molar refractivity (Wildman–Crippen MR) is 98.0 cm³/mol. The molecular weight excluding hydrogens is 354 g/mol. The highest BCUT2D eigenvalue weighted by atomic mass is 32.2. The molecule has 26 heavy (non-hydrogen) atoms. The highest BCUT2D eigenvalue weighted by molar-refractivity contribution is 8.00. The van der Waals surface area contributed by atoms with Gasteiger partial charge in [-0.25, -0.2) is 4.79 Å². The normalized spacial score (nSPS) is 14.0. The van der Waals surface area contributed by atoms with E-state index in [1.165, 1.54) is 18.7 Å². The Kier molecular flexibility index (Phi) is 5.27. The van der Waals surface area contributed by atoms with E-state index in [-0.39, 0.29) is 17.3 Å². The van der Waals surface area contributed by atoms with Gasteiger partial charge in [-0.15, -0.1) is 11.8 Å². The molecule has 0 bridgehead atoms. The van der Waals surface area contributed by atoms with Crippen molar-refractivity contribution in [1.29, 1.82) is 0 Å². The Morgan fingerprint density at radius 1 is 1.12 bits per heavy atom. The van der Waals surface area contributed by atoms with Crippen molar-refractivity contribution in [3.63, 3.8) is 0 Å². The van der Waals surface area contributed by atoms with Crippen molar-refractivity contribution in [1.82, 2.24) is 0 Å². The molecule has 1 atom stereocenters. The lowest BCUT2D eigenvalue weighted by Crippen LogP contribution is -2.25. The highest BCUT2D eigenvalue weighted by Crippen LogP contribution is 2.32. The minimum Gasteiger partial charge on any atom is -0.497 e. The second kappa shape index (κ2) is 7.61. The lowest BCUT2D eigenvalue weighted by Gasteiger charge is -2.17. The van der Waals surface area contributed by atoms with Gasteiger partial charge in [0.05, 0.1) is 24.1 Å². The Hall–Kier alpha value is -2.80. The van der Waals surface area contributed by atoms with Crippen LogP contribution in [0.1, 0.15) is 27.6 Å². The van der Waals surface area contributed by atoms with Crippen LogP contribution in [0.2, 0.25) is 0 Å². The molecular formula is C19H17NO5S. The maximum absolute atomic E-state index is 12.4. The highest BCUT2D eigenvalue weighted by Gasteiger charge is 2.22. The van der Waals surface area contributed by atoms with Crippen molar-refractivity contribution in [2.75, 3.05) is 18.2 Å². The van der Waals surface area contributed by atoms with Crippen LogP contribution < -0.4 is 10.1 Å². The van der Waals surface area contributed by atoms with E-state index in [2.05, 4.69) is 5.32 Å². The van der Waals surface area contributed by atoms with E-state index < -0.39 is 12.1 Å². The zero-order valence-electron chi connectivity index (χ0n) is 14.3. The average Bonchev–Trinajstić information content (AvgIpc) is 2.66. The van der Waals surface area contributed by atoms with Gasteiger partial charge in [0, 0.05) is 10.5 Å². The molecule has 0 saturated carbocycles. The standard InChI is InChI=1S/C19H17NO5S/c1-11(18(22)12-3-6-14(24-2)7-4-12)25-19(23)13-5-8-16-15(9-13)20-17(21)10-26-16/h3-9,11H,10H2,1-2H3,(H,20,21)/t11-/m1/s1. The number of ether oxygens (including phenoxy) is 2. The Morgan fingerprint density at radius 3 is 2.50 bits per heavy atom. The second-order valence-electron chi connectivity index (χ2n) is 5.69. The first-order valence-electron chi connectivity index (χ1n) is 7.94. The maximum atomic E-state index is 12.4. The summed E-state index contributed by atoms with van der Waals surface area (Å²) in [6.07, 6.45) is -0.934. The maximum Gasteiger partial charge on any atom is 0.338 e. The first-order chi connectivity index (χ1) is 12.5. The van der Waals surface area contributed by atoms with Crippen LogP contribution in [-0.2, 0) is 9.53 Å². The summed E-state index contributed by atoms with van der Waals surface area (Å²) in [4.78, 5) is 37.1. The molecule has 0 spiro atoms. The van der Waals surface area contributed by atoms with Gasteiger partial charge >= 0.3 is 5.97 Å². The average molecular weight is 371 g/mol. The van der Waals surface area contributed by atoms with Crippen molar-refractivity contribution < 1.29 is 23.9 Å². The van der Waals surface area contributed by atoms with Crippen LogP contribution in [0.3, 0.4) is 0 Å². The zero-order chi connectivity index (χ0) is 18.7. The SMILES string of the molecule is COc1ccc(C(=O)[C@@H](C)OC(=O)c2ccc3c(c2)NC(=O)CS3)cc1. The number of hydrogen-bond acceptors (Lipinski definition) is 6. The van der Waals surface area contributed by atoms with Crippen LogP contribution in [0.5, 0.6) is 5.75 Å². The Morgan fingerprint density at radius 2 is 1.81 bits per heavy atom. The summed E-state index contributed by atoms with van der Waals surface area (Å²) < 4.78 is 10.3. The van der Waals surface area contributed by atoms with Crippen molar-refractivity contribution in [2.24, 2.45) is 0 Å². The van der Waals surface area contributed by atoms with Gasteiger partial charge < -0.3 is 14.8 Å². The number of hydrogen-bond donors (Lipinski definition) is 1. The molecule has 0 aliphatic carbocycles. The van der Waals surface area contributed by atoms with Crippen LogP contribution in [-0.4, -0.2) is 36.6 Å². The minimum atomic E-state index is -0.934. The number of ketones is 1. The number of esters is 1. The van der Waals surface area contributed by atoms with Gasteiger partial charge in [-0.3, -0.25) is 9.59 Å². The van der Waals surface area contributed by atoms with Crippen molar-refractivity contribution in [3.05, 3.63) is 53.6 Å². The summed E-state index contributed by atoms with van der Waals surface area (Å²) in [5, 5.41) is 2.72. The van der Waals surface area contributed by atoms with Crippen LogP contribution in [0.4, 0.5) is 5.69 Å². The molecule has 0 unspecified atom stereocenters. The Balaban J connectivity index is 1.69. The van der Waals surface area contributed by atoms with Crippen LogP contribution in [0.25, 0.3) is 0 Å². The second-order valence-corrected chi connectivity index (χ2v) is 6.71.